The van der Waals surface area contributed by atoms with E-state index in [9.17, 15) is 10.1 Å². The molecule has 4 aromatic carbocycles. The maximum absolute atomic E-state index is 13.2. The Kier molecular flexibility index (Phi) is 14.6. The van der Waals surface area contributed by atoms with Gasteiger partial charge in [-0.2, -0.15) is 5.26 Å². The van der Waals surface area contributed by atoms with E-state index in [-0.39, 0.29) is 43.4 Å². The Morgan fingerprint density at radius 2 is 1.47 bits per heavy atom. The highest BCUT2D eigenvalue weighted by Gasteiger charge is 2.45. The fraction of sp³-hybridized carbons (Fsp3) is 0.340. The van der Waals surface area contributed by atoms with Crippen LogP contribution in [0.3, 0.4) is 0 Å². The van der Waals surface area contributed by atoms with Crippen molar-refractivity contribution in [3.8, 4) is 17.6 Å². The van der Waals surface area contributed by atoms with Crippen molar-refractivity contribution in [3.05, 3.63) is 144 Å². The average Bonchev–Trinajstić information content (AvgIpc) is 3.92. The van der Waals surface area contributed by atoms with Gasteiger partial charge in [0.15, 0.2) is 17.0 Å². The summed E-state index contributed by atoms with van der Waals surface area (Å²) in [5.74, 6) is 1.39. The molecule has 0 saturated carbocycles. The number of nitriles is 1. The van der Waals surface area contributed by atoms with Crippen LogP contribution in [0.15, 0.2) is 122 Å². The first-order valence-electron chi connectivity index (χ1n) is 20.6. The Bertz CT molecular complexity index is 2360. The van der Waals surface area contributed by atoms with Crippen LogP contribution in [-0.4, -0.2) is 81.8 Å². The number of carbonyl (C=O) groups is 1. The molecule has 7 rings (SSSR count). The van der Waals surface area contributed by atoms with Crippen LogP contribution in [0.25, 0.3) is 11.2 Å². The molecule has 1 aliphatic rings. The Morgan fingerprint density at radius 3 is 2.05 bits per heavy atom. The van der Waals surface area contributed by atoms with Gasteiger partial charge < -0.3 is 33.3 Å². The van der Waals surface area contributed by atoms with E-state index >= 15 is 0 Å². The van der Waals surface area contributed by atoms with Crippen molar-refractivity contribution in [2.75, 3.05) is 32.8 Å². The highest BCUT2D eigenvalue weighted by Crippen LogP contribution is 2.51. The van der Waals surface area contributed by atoms with Crippen LogP contribution >= 0.6 is 8.53 Å². The van der Waals surface area contributed by atoms with Crippen molar-refractivity contribution >= 4 is 31.4 Å². The molecule has 1 amide bonds. The van der Waals surface area contributed by atoms with E-state index in [0.29, 0.717) is 34.6 Å². The fourth-order valence-electron chi connectivity index (χ4n) is 7.75. The minimum Gasteiger partial charge on any atom is -0.497 e. The number of imidazole rings is 1. The number of amides is 1. The Labute approximate surface area is 363 Å². The van der Waals surface area contributed by atoms with Gasteiger partial charge in [0.1, 0.15) is 35.8 Å². The molecule has 0 spiro atoms. The third kappa shape index (κ3) is 9.64. The first kappa shape index (κ1) is 44.3. The summed E-state index contributed by atoms with van der Waals surface area (Å²) in [4.78, 5) is 26.8. The summed E-state index contributed by atoms with van der Waals surface area (Å²) in [5.41, 5.74) is 2.89. The van der Waals surface area contributed by atoms with E-state index < -0.39 is 32.6 Å². The second-order valence-corrected chi connectivity index (χ2v) is 16.6. The van der Waals surface area contributed by atoms with Crippen LogP contribution < -0.4 is 14.8 Å². The van der Waals surface area contributed by atoms with Crippen LogP contribution in [-0.2, 0) is 24.1 Å². The van der Waals surface area contributed by atoms with Crippen molar-refractivity contribution in [1.82, 2.24) is 24.2 Å². The molecule has 322 valence electrons. The highest BCUT2D eigenvalue weighted by atomic mass is 31.2. The van der Waals surface area contributed by atoms with Crippen molar-refractivity contribution in [1.29, 1.82) is 5.26 Å². The van der Waals surface area contributed by atoms with Gasteiger partial charge in [0, 0.05) is 24.1 Å². The smallest absolute Gasteiger partial charge is 0.259 e. The molecule has 1 saturated heterocycles. The molecular weight excluding hydrogens is 806 g/mol. The van der Waals surface area contributed by atoms with Crippen molar-refractivity contribution in [3.63, 3.8) is 0 Å². The van der Waals surface area contributed by atoms with E-state index in [1.54, 1.807) is 44.8 Å². The SMILES string of the molecule is COc1ccc(C(OCC2OC(n3cnc4c(NC(=O)c5ccccc5)ncnc43)CC2OP(OCCC#N)N(C(C)C)C(C)C)(c2ccccc2)c2ccc(OC)cc2)cc1. The van der Waals surface area contributed by atoms with Crippen LogP contribution in [0.2, 0.25) is 0 Å². The average molecular weight is 858 g/mol. The number of anilines is 1. The highest BCUT2D eigenvalue weighted by molar-refractivity contribution is 7.44. The molecule has 1 aliphatic heterocycles. The first-order valence-corrected chi connectivity index (χ1v) is 21.7. The number of nitrogens with zero attached hydrogens (tertiary/aromatic N) is 6. The first-order chi connectivity index (χ1) is 30.2. The molecule has 0 bridgehead atoms. The molecule has 4 atom stereocenters. The number of methoxy groups -OCH3 is 2. The van der Waals surface area contributed by atoms with Gasteiger partial charge in [-0.25, -0.2) is 19.6 Å². The van der Waals surface area contributed by atoms with Gasteiger partial charge in [-0.05, 0) is 80.8 Å². The fourth-order valence-corrected chi connectivity index (χ4v) is 9.51. The number of benzene rings is 4. The van der Waals surface area contributed by atoms with E-state index in [4.69, 9.17) is 28.0 Å². The van der Waals surface area contributed by atoms with Crippen LogP contribution in [0.4, 0.5) is 5.82 Å². The van der Waals surface area contributed by atoms with Crippen LogP contribution in [0.1, 0.15) is 73.8 Å². The molecule has 3 heterocycles. The zero-order valence-corrected chi connectivity index (χ0v) is 36.6. The molecule has 15 heteroatoms. The third-order valence-corrected chi connectivity index (χ3v) is 12.8. The summed E-state index contributed by atoms with van der Waals surface area (Å²) >= 11 is 0. The summed E-state index contributed by atoms with van der Waals surface area (Å²) in [6, 6.07) is 37.1. The van der Waals surface area contributed by atoms with Crippen LogP contribution in [0.5, 0.6) is 11.5 Å². The molecular formula is C47H52N7O7P. The lowest BCUT2D eigenvalue weighted by Crippen LogP contribution is -2.39. The molecule has 62 heavy (non-hydrogen) atoms. The molecule has 14 nitrogen and oxygen atoms in total. The third-order valence-electron chi connectivity index (χ3n) is 10.6. The monoisotopic (exact) mass is 857 g/mol. The summed E-state index contributed by atoms with van der Waals surface area (Å²) in [7, 11) is 1.62. The minimum atomic E-state index is -1.66. The quantitative estimate of drug-likeness (QED) is 0.0469. The normalized spacial score (nSPS) is 17.1. The Balaban J connectivity index is 1.28. The molecule has 4 unspecified atom stereocenters. The number of nitrogens with one attached hydrogen (secondary N) is 1. The van der Waals surface area contributed by atoms with Gasteiger partial charge in [0.2, 0.25) is 0 Å². The van der Waals surface area contributed by atoms with Gasteiger partial charge in [0.25, 0.3) is 14.4 Å². The van der Waals surface area contributed by atoms with Gasteiger partial charge in [-0.3, -0.25) is 9.36 Å². The molecule has 1 fully saturated rings. The van der Waals surface area contributed by atoms with E-state index in [1.165, 1.54) is 6.33 Å². The van der Waals surface area contributed by atoms with Crippen LogP contribution in [0, 0.1) is 11.3 Å². The molecule has 0 aliphatic carbocycles. The van der Waals surface area contributed by atoms with Gasteiger partial charge in [-0.1, -0.05) is 72.8 Å². The predicted molar refractivity (Wildman–Crippen MR) is 237 cm³/mol. The van der Waals surface area contributed by atoms with E-state index in [1.807, 2.05) is 77.4 Å². The van der Waals surface area contributed by atoms with Crippen molar-refractivity contribution in [2.45, 2.75) is 76.7 Å². The van der Waals surface area contributed by atoms with E-state index in [2.05, 4.69) is 70.8 Å². The van der Waals surface area contributed by atoms with Crippen molar-refractivity contribution in [2.24, 2.45) is 0 Å². The minimum absolute atomic E-state index is 0.0747. The second-order valence-electron chi connectivity index (χ2n) is 15.2. The van der Waals surface area contributed by atoms with E-state index in [0.717, 1.165) is 16.7 Å². The largest absolute Gasteiger partial charge is 0.497 e. The second kappa shape index (κ2) is 20.4. The lowest BCUT2D eigenvalue weighted by molar-refractivity contribution is -0.0912. The number of ether oxygens (including phenoxy) is 4. The van der Waals surface area contributed by atoms with Gasteiger partial charge in [0.05, 0.1) is 52.4 Å². The molecule has 0 radical (unpaired) electrons. The summed E-state index contributed by atoms with van der Waals surface area (Å²) in [5, 5.41) is 12.3. The molecule has 6 aromatic rings. The molecule has 2 aromatic heterocycles. The number of rotatable bonds is 19. The maximum atomic E-state index is 13.2. The maximum Gasteiger partial charge on any atom is 0.259 e. The number of aromatic nitrogens is 4. The summed E-state index contributed by atoms with van der Waals surface area (Å²) in [6.07, 6.45) is 1.84. The summed E-state index contributed by atoms with van der Waals surface area (Å²) < 4.78 is 43.0. The summed E-state index contributed by atoms with van der Waals surface area (Å²) in [6.45, 7) is 8.70. The van der Waals surface area contributed by atoms with Crippen molar-refractivity contribution < 1.29 is 32.8 Å². The molecule has 1 N–H and O–H groups in total. The van der Waals surface area contributed by atoms with Gasteiger partial charge in [-0.15, -0.1) is 0 Å². The number of hydrogen-bond donors (Lipinski definition) is 1. The predicted octanol–water partition coefficient (Wildman–Crippen LogP) is 9.05. The zero-order valence-electron chi connectivity index (χ0n) is 35.8. The number of hydrogen-bond acceptors (Lipinski definition) is 12. The standard InChI is InChI=1S/C47H52N7O7P/c1-32(2)54(33(3)4)62(59-27-13-26-48)61-40-28-42(53-31-51-43-44(49-30-50-45(43)53)52-46(55)34-14-9-7-10-15-34)60-41(40)29-58-47(35-16-11-8-12-17-35,36-18-22-38(56-5)23-19-36)37-20-24-39(57-6)25-21-37/h7-12,14-25,30-33,40-42H,13,27-29H2,1-6H3,(H,49,50,52,55). The number of fused-ring (bicyclic) bond motifs is 1. The zero-order chi connectivity index (χ0) is 43.6. The topological polar surface area (TPSA) is 155 Å². The Morgan fingerprint density at radius 1 is 0.871 bits per heavy atom. The Hall–Kier alpha value is -5.78. The lowest BCUT2D eigenvalue weighted by atomic mass is 9.80. The number of carbonyl (C=O) groups excluding carboxylic acids is 1. The lowest BCUT2D eigenvalue weighted by Gasteiger charge is -2.39. The van der Waals surface area contributed by atoms with Gasteiger partial charge >= 0.3 is 0 Å².